The van der Waals surface area contributed by atoms with Crippen LogP contribution in [0.25, 0.3) is 0 Å². The molecule has 62 valence electrons. The number of carbonyl (C=O) groups excluding carboxylic acids is 1. The summed E-state index contributed by atoms with van der Waals surface area (Å²) in [5.74, 6) is 1.18. The first kappa shape index (κ1) is 7.10. The maximum atomic E-state index is 11.3. The number of nitrogens with one attached hydrogen (secondary N) is 2. The van der Waals surface area contributed by atoms with Crippen LogP contribution in [0.4, 0.5) is 0 Å². The van der Waals surface area contributed by atoms with Gasteiger partial charge in [0, 0.05) is 13.1 Å². The summed E-state index contributed by atoms with van der Waals surface area (Å²) in [7, 11) is 0. The zero-order valence-electron chi connectivity index (χ0n) is 6.60. The van der Waals surface area contributed by atoms with Gasteiger partial charge in [-0.05, 0) is 25.3 Å². The van der Waals surface area contributed by atoms with E-state index < -0.39 is 0 Å². The largest absolute Gasteiger partial charge is 0.356 e. The molecular weight excluding hydrogens is 140 g/mol. The molecule has 0 aromatic rings. The molecule has 0 aromatic carbocycles. The molecule has 2 fully saturated rings. The van der Waals surface area contributed by atoms with E-state index >= 15 is 0 Å². The van der Waals surface area contributed by atoms with Crippen LogP contribution in [-0.2, 0) is 4.79 Å². The number of amides is 1. The van der Waals surface area contributed by atoms with Crippen molar-refractivity contribution in [1.82, 2.24) is 10.6 Å². The van der Waals surface area contributed by atoms with Gasteiger partial charge >= 0.3 is 0 Å². The third-order valence-corrected chi connectivity index (χ3v) is 2.78. The smallest absolute Gasteiger partial charge is 0.224 e. The second-order valence-electron chi connectivity index (χ2n) is 3.44. The summed E-state index contributed by atoms with van der Waals surface area (Å²) in [5, 5.41) is 6.16. The number of piperidine rings is 2. The maximum absolute atomic E-state index is 11.3. The number of hydrogen-bond donors (Lipinski definition) is 2. The zero-order valence-corrected chi connectivity index (χ0v) is 6.60. The maximum Gasteiger partial charge on any atom is 0.224 e. The van der Waals surface area contributed by atoms with Crippen LogP contribution in [0.2, 0.25) is 0 Å². The van der Waals surface area contributed by atoms with Crippen LogP contribution in [0.5, 0.6) is 0 Å². The predicted octanol–water partition coefficient (Wildman–Crippen LogP) is -0.268. The molecule has 0 aliphatic carbocycles. The van der Waals surface area contributed by atoms with Gasteiger partial charge in [-0.2, -0.15) is 0 Å². The summed E-state index contributed by atoms with van der Waals surface area (Å²) in [5.41, 5.74) is 0. The van der Waals surface area contributed by atoms with E-state index in [4.69, 9.17) is 0 Å². The van der Waals surface area contributed by atoms with Gasteiger partial charge in [0.1, 0.15) is 0 Å². The van der Waals surface area contributed by atoms with Crippen molar-refractivity contribution in [1.29, 1.82) is 0 Å². The van der Waals surface area contributed by atoms with Crippen LogP contribution in [0, 0.1) is 11.8 Å². The van der Waals surface area contributed by atoms with Crippen molar-refractivity contribution in [2.24, 2.45) is 11.8 Å². The third kappa shape index (κ3) is 1.25. The van der Waals surface area contributed by atoms with E-state index in [2.05, 4.69) is 10.6 Å². The third-order valence-electron chi connectivity index (χ3n) is 2.78. The minimum Gasteiger partial charge on any atom is -0.356 e. The molecule has 0 bridgehead atoms. The minimum atomic E-state index is 0.258. The van der Waals surface area contributed by atoms with Crippen molar-refractivity contribution >= 4 is 5.91 Å². The molecule has 2 aliphatic rings. The van der Waals surface area contributed by atoms with Crippen LogP contribution in [-0.4, -0.2) is 25.5 Å². The highest BCUT2D eigenvalue weighted by Crippen LogP contribution is 2.24. The highest BCUT2D eigenvalue weighted by Gasteiger charge is 2.33. The van der Waals surface area contributed by atoms with Crippen LogP contribution in [0.1, 0.15) is 12.8 Å². The van der Waals surface area contributed by atoms with Crippen molar-refractivity contribution < 1.29 is 4.79 Å². The molecule has 1 amide bonds. The Morgan fingerprint density at radius 2 is 2.09 bits per heavy atom. The fourth-order valence-corrected chi connectivity index (χ4v) is 2.08. The summed E-state index contributed by atoms with van der Waals surface area (Å²) in [6.45, 7) is 2.87. The predicted molar refractivity (Wildman–Crippen MR) is 42.1 cm³/mol. The lowest BCUT2D eigenvalue weighted by Crippen LogP contribution is -2.50. The SMILES string of the molecule is O=C1NCC[C@H]2CCNC[C@@H]12. The molecule has 2 heterocycles. The highest BCUT2D eigenvalue weighted by molar-refractivity contribution is 5.80. The first-order valence-corrected chi connectivity index (χ1v) is 4.36. The number of hydrogen-bond acceptors (Lipinski definition) is 2. The molecule has 0 saturated carbocycles. The van der Waals surface area contributed by atoms with Gasteiger partial charge in [-0.1, -0.05) is 0 Å². The monoisotopic (exact) mass is 154 g/mol. The Hall–Kier alpha value is -0.570. The van der Waals surface area contributed by atoms with Gasteiger partial charge < -0.3 is 10.6 Å². The molecule has 2 N–H and O–H groups in total. The molecule has 2 rings (SSSR count). The average Bonchev–Trinajstić information content (AvgIpc) is 2.06. The van der Waals surface area contributed by atoms with Gasteiger partial charge in [-0.3, -0.25) is 4.79 Å². The lowest BCUT2D eigenvalue weighted by molar-refractivity contribution is -0.129. The Morgan fingerprint density at radius 1 is 1.27 bits per heavy atom. The van der Waals surface area contributed by atoms with Gasteiger partial charge in [0.15, 0.2) is 0 Å². The Balaban J connectivity index is 2.05. The van der Waals surface area contributed by atoms with Crippen LogP contribution < -0.4 is 10.6 Å². The Bertz CT molecular complexity index is 167. The van der Waals surface area contributed by atoms with Crippen molar-refractivity contribution in [2.75, 3.05) is 19.6 Å². The molecule has 3 heteroatoms. The van der Waals surface area contributed by atoms with Gasteiger partial charge in [0.05, 0.1) is 5.92 Å². The summed E-state index contributed by atoms with van der Waals surface area (Å²) in [4.78, 5) is 11.3. The molecule has 0 spiro atoms. The van der Waals surface area contributed by atoms with E-state index in [0.29, 0.717) is 5.92 Å². The summed E-state index contributed by atoms with van der Waals surface area (Å²) in [6, 6.07) is 0. The quantitative estimate of drug-likeness (QED) is 0.504. The second kappa shape index (κ2) is 2.81. The zero-order chi connectivity index (χ0) is 7.68. The van der Waals surface area contributed by atoms with E-state index in [0.717, 1.165) is 19.6 Å². The highest BCUT2D eigenvalue weighted by atomic mass is 16.2. The summed E-state index contributed by atoms with van der Waals surface area (Å²) in [6.07, 6.45) is 2.36. The second-order valence-corrected chi connectivity index (χ2v) is 3.44. The summed E-state index contributed by atoms with van der Waals surface area (Å²) >= 11 is 0. The summed E-state index contributed by atoms with van der Waals surface area (Å²) < 4.78 is 0. The van der Waals surface area contributed by atoms with Gasteiger partial charge in [-0.15, -0.1) is 0 Å². The number of rotatable bonds is 0. The van der Waals surface area contributed by atoms with Crippen LogP contribution >= 0.6 is 0 Å². The Morgan fingerprint density at radius 3 is 2.91 bits per heavy atom. The van der Waals surface area contributed by atoms with Crippen molar-refractivity contribution in [2.45, 2.75) is 12.8 Å². The molecule has 2 atom stereocenters. The van der Waals surface area contributed by atoms with E-state index in [1.54, 1.807) is 0 Å². The van der Waals surface area contributed by atoms with Crippen molar-refractivity contribution in [3.8, 4) is 0 Å². The first-order valence-electron chi connectivity index (χ1n) is 4.36. The standard InChI is InChI=1S/C8H14N2O/c11-8-7-5-9-3-1-6(7)2-4-10-8/h6-7,9H,1-5H2,(H,10,11)/t6-,7-/m1/s1. The fraction of sp³-hybridized carbons (Fsp3) is 0.875. The minimum absolute atomic E-state index is 0.258. The lowest BCUT2D eigenvalue weighted by Gasteiger charge is -2.34. The molecule has 0 aromatic heterocycles. The molecular formula is C8H14N2O. The molecule has 0 unspecified atom stereocenters. The van der Waals surface area contributed by atoms with Crippen LogP contribution in [0.15, 0.2) is 0 Å². The molecule has 2 aliphatic heterocycles. The topological polar surface area (TPSA) is 41.1 Å². The van der Waals surface area contributed by atoms with Gasteiger partial charge in [-0.25, -0.2) is 0 Å². The normalized spacial score (nSPS) is 37.6. The Labute approximate surface area is 66.5 Å². The molecule has 2 saturated heterocycles. The van der Waals surface area contributed by atoms with Gasteiger partial charge in [0.25, 0.3) is 0 Å². The number of fused-ring (bicyclic) bond motifs is 1. The van der Waals surface area contributed by atoms with E-state index in [9.17, 15) is 4.79 Å². The Kier molecular flexibility index (Phi) is 1.82. The molecule has 3 nitrogen and oxygen atoms in total. The van der Waals surface area contributed by atoms with E-state index in [1.807, 2.05) is 0 Å². The van der Waals surface area contributed by atoms with E-state index in [-0.39, 0.29) is 11.8 Å². The van der Waals surface area contributed by atoms with Gasteiger partial charge in [0.2, 0.25) is 5.91 Å². The van der Waals surface area contributed by atoms with Crippen molar-refractivity contribution in [3.05, 3.63) is 0 Å². The average molecular weight is 154 g/mol. The first-order chi connectivity index (χ1) is 5.38. The van der Waals surface area contributed by atoms with Crippen LogP contribution in [0.3, 0.4) is 0 Å². The lowest BCUT2D eigenvalue weighted by atomic mass is 9.81. The van der Waals surface area contributed by atoms with E-state index in [1.165, 1.54) is 12.8 Å². The fourth-order valence-electron chi connectivity index (χ4n) is 2.08. The molecule has 11 heavy (non-hydrogen) atoms. The molecule has 0 radical (unpaired) electrons. The number of carbonyl (C=O) groups is 1. The van der Waals surface area contributed by atoms with Crippen molar-refractivity contribution in [3.63, 3.8) is 0 Å².